The number of ether oxygens (including phenoxy) is 2. The molecule has 9 heteroatoms. The Morgan fingerprint density at radius 2 is 1.80 bits per heavy atom. The summed E-state index contributed by atoms with van der Waals surface area (Å²) >= 11 is 0. The summed E-state index contributed by atoms with van der Waals surface area (Å²) in [6.07, 6.45) is -1.55. The second kappa shape index (κ2) is 8.02. The summed E-state index contributed by atoms with van der Waals surface area (Å²) in [6.45, 7) is 0.878. The number of carbonyl (C=O) groups excluding carboxylic acids is 1. The van der Waals surface area contributed by atoms with Gasteiger partial charge in [-0.25, -0.2) is 9.97 Å². The van der Waals surface area contributed by atoms with E-state index in [9.17, 15) is 18.0 Å². The molecule has 2 heterocycles. The highest BCUT2D eigenvalue weighted by molar-refractivity contribution is 5.98. The van der Waals surface area contributed by atoms with Crippen LogP contribution in [0.3, 0.4) is 0 Å². The molecule has 0 spiro atoms. The van der Waals surface area contributed by atoms with Crippen LogP contribution in [0.1, 0.15) is 16.2 Å². The van der Waals surface area contributed by atoms with Crippen LogP contribution in [0.2, 0.25) is 0 Å². The zero-order valence-electron chi connectivity index (χ0n) is 15.6. The maximum atomic E-state index is 12.9. The molecule has 0 atom stereocenters. The third-order valence-electron chi connectivity index (χ3n) is 4.47. The second-order valence-electron chi connectivity index (χ2n) is 6.53. The number of rotatable bonds is 4. The van der Waals surface area contributed by atoms with Gasteiger partial charge in [0.2, 0.25) is 0 Å². The van der Waals surface area contributed by atoms with Gasteiger partial charge < -0.3 is 14.4 Å². The Morgan fingerprint density at radius 1 is 1.03 bits per heavy atom. The van der Waals surface area contributed by atoms with E-state index in [0.29, 0.717) is 34.8 Å². The minimum absolute atomic E-state index is 0.226. The predicted octanol–water partition coefficient (Wildman–Crippen LogP) is 4.08. The van der Waals surface area contributed by atoms with Gasteiger partial charge in [-0.1, -0.05) is 18.2 Å². The number of amides is 1. The maximum absolute atomic E-state index is 12.9. The molecule has 1 aliphatic heterocycles. The molecule has 0 radical (unpaired) electrons. The van der Waals surface area contributed by atoms with E-state index < -0.39 is 6.36 Å². The lowest BCUT2D eigenvalue weighted by Gasteiger charge is -2.18. The number of aromatic nitrogens is 2. The first kappa shape index (κ1) is 19.7. The van der Waals surface area contributed by atoms with Crippen LogP contribution < -0.4 is 9.47 Å². The summed E-state index contributed by atoms with van der Waals surface area (Å²) in [6, 6.07) is 12.2. The largest absolute Gasteiger partial charge is 0.573 e. The van der Waals surface area contributed by atoms with Crippen LogP contribution in [0.25, 0.3) is 11.1 Å². The highest BCUT2D eigenvalue weighted by Gasteiger charge is 2.31. The standard InChI is InChI=1S/C21H16F3N3O3/c22-21(23,24)30-16-4-1-3-14(11-16)15-5-6-17-18(12-15)29-10-9-27(20(17)28)13-19-25-7-2-8-26-19/h1-8,11-12H,9-10,13H2. The number of hydrogen-bond acceptors (Lipinski definition) is 5. The first-order chi connectivity index (χ1) is 14.4. The molecule has 1 amide bonds. The Hall–Kier alpha value is -3.62. The van der Waals surface area contributed by atoms with E-state index in [1.807, 2.05) is 0 Å². The topological polar surface area (TPSA) is 64.6 Å². The molecule has 6 nitrogen and oxygen atoms in total. The number of hydrogen-bond donors (Lipinski definition) is 0. The summed E-state index contributed by atoms with van der Waals surface area (Å²) in [7, 11) is 0. The third-order valence-corrected chi connectivity index (χ3v) is 4.47. The highest BCUT2D eigenvalue weighted by Crippen LogP contribution is 2.32. The van der Waals surface area contributed by atoms with Crippen LogP contribution in [0.5, 0.6) is 11.5 Å². The smallest absolute Gasteiger partial charge is 0.491 e. The van der Waals surface area contributed by atoms with Crippen LogP contribution in [-0.2, 0) is 6.54 Å². The van der Waals surface area contributed by atoms with Gasteiger partial charge in [0.05, 0.1) is 18.7 Å². The lowest BCUT2D eigenvalue weighted by Crippen LogP contribution is -2.32. The van der Waals surface area contributed by atoms with E-state index in [1.165, 1.54) is 18.2 Å². The molecule has 4 rings (SSSR count). The van der Waals surface area contributed by atoms with Crippen molar-refractivity contribution < 1.29 is 27.4 Å². The van der Waals surface area contributed by atoms with E-state index in [1.54, 1.807) is 47.6 Å². The van der Waals surface area contributed by atoms with Crippen molar-refractivity contribution in [2.24, 2.45) is 0 Å². The normalized spacial score (nSPS) is 14.0. The summed E-state index contributed by atoms with van der Waals surface area (Å²) in [5.41, 5.74) is 1.48. The fraction of sp³-hybridized carbons (Fsp3) is 0.190. The Kier molecular flexibility index (Phi) is 5.26. The van der Waals surface area contributed by atoms with E-state index in [2.05, 4.69) is 14.7 Å². The van der Waals surface area contributed by atoms with Crippen LogP contribution >= 0.6 is 0 Å². The quantitative estimate of drug-likeness (QED) is 0.643. The molecule has 3 aromatic rings. The number of alkyl halides is 3. The fourth-order valence-corrected chi connectivity index (χ4v) is 3.14. The minimum Gasteiger partial charge on any atom is -0.491 e. The van der Waals surface area contributed by atoms with Crippen molar-refractivity contribution in [2.75, 3.05) is 13.2 Å². The molecule has 1 aliphatic rings. The van der Waals surface area contributed by atoms with Gasteiger partial charge in [0.25, 0.3) is 5.91 Å². The molecule has 1 aromatic heterocycles. The first-order valence-corrected chi connectivity index (χ1v) is 9.07. The third kappa shape index (κ3) is 4.51. The van der Waals surface area contributed by atoms with Gasteiger partial charge in [-0.05, 0) is 41.5 Å². The SMILES string of the molecule is O=C1c2ccc(-c3cccc(OC(F)(F)F)c3)cc2OCCN1Cc1ncccn1. The van der Waals surface area contributed by atoms with E-state index in [-0.39, 0.29) is 24.8 Å². The molecule has 0 bridgehead atoms. The van der Waals surface area contributed by atoms with Crippen molar-refractivity contribution in [3.8, 4) is 22.6 Å². The van der Waals surface area contributed by atoms with Crippen LogP contribution in [0.15, 0.2) is 60.9 Å². The molecule has 30 heavy (non-hydrogen) atoms. The van der Waals surface area contributed by atoms with Crippen LogP contribution in [0, 0.1) is 0 Å². The monoisotopic (exact) mass is 415 g/mol. The van der Waals surface area contributed by atoms with Gasteiger partial charge in [0.1, 0.15) is 23.9 Å². The zero-order chi connectivity index (χ0) is 21.1. The number of nitrogens with zero attached hydrogens (tertiary/aromatic N) is 3. The van der Waals surface area contributed by atoms with Crippen molar-refractivity contribution >= 4 is 5.91 Å². The minimum atomic E-state index is -4.77. The van der Waals surface area contributed by atoms with Crippen molar-refractivity contribution in [1.29, 1.82) is 0 Å². The van der Waals surface area contributed by atoms with Crippen molar-refractivity contribution in [2.45, 2.75) is 12.9 Å². The van der Waals surface area contributed by atoms with Gasteiger partial charge in [-0.3, -0.25) is 4.79 Å². The number of halogens is 3. The molecule has 0 saturated heterocycles. The molecule has 154 valence electrons. The maximum Gasteiger partial charge on any atom is 0.573 e. The fourth-order valence-electron chi connectivity index (χ4n) is 3.14. The molecular weight excluding hydrogens is 399 g/mol. The Balaban J connectivity index is 1.59. The van der Waals surface area contributed by atoms with Crippen molar-refractivity contribution in [3.05, 3.63) is 72.3 Å². The molecular formula is C21H16F3N3O3. The average molecular weight is 415 g/mol. The van der Waals surface area contributed by atoms with Gasteiger partial charge in [0, 0.05) is 12.4 Å². The summed E-state index contributed by atoms with van der Waals surface area (Å²) < 4.78 is 47.2. The van der Waals surface area contributed by atoms with Gasteiger partial charge in [0.15, 0.2) is 0 Å². The van der Waals surface area contributed by atoms with Gasteiger partial charge >= 0.3 is 6.36 Å². The molecule has 0 N–H and O–H groups in total. The van der Waals surface area contributed by atoms with E-state index in [0.717, 1.165) is 0 Å². The number of carbonyl (C=O) groups is 1. The number of fused-ring (bicyclic) bond motifs is 1. The summed E-state index contributed by atoms with van der Waals surface area (Å²) in [4.78, 5) is 22.8. The average Bonchev–Trinajstić information content (AvgIpc) is 2.86. The Bertz CT molecular complexity index is 1060. The molecule has 2 aromatic carbocycles. The van der Waals surface area contributed by atoms with Gasteiger partial charge in [-0.2, -0.15) is 0 Å². The van der Waals surface area contributed by atoms with Crippen LogP contribution in [0.4, 0.5) is 13.2 Å². The zero-order valence-corrected chi connectivity index (χ0v) is 15.6. The van der Waals surface area contributed by atoms with Crippen molar-refractivity contribution in [1.82, 2.24) is 14.9 Å². The predicted molar refractivity (Wildman–Crippen MR) is 101 cm³/mol. The summed E-state index contributed by atoms with van der Waals surface area (Å²) in [5, 5.41) is 0. The van der Waals surface area contributed by atoms with E-state index in [4.69, 9.17) is 4.74 Å². The van der Waals surface area contributed by atoms with E-state index >= 15 is 0 Å². The lowest BCUT2D eigenvalue weighted by atomic mass is 10.0. The second-order valence-corrected chi connectivity index (χ2v) is 6.53. The van der Waals surface area contributed by atoms with Crippen LogP contribution in [-0.4, -0.2) is 40.3 Å². The highest BCUT2D eigenvalue weighted by atomic mass is 19.4. The lowest BCUT2D eigenvalue weighted by molar-refractivity contribution is -0.274. The molecule has 0 fully saturated rings. The first-order valence-electron chi connectivity index (χ1n) is 9.07. The molecule has 0 aliphatic carbocycles. The van der Waals surface area contributed by atoms with Crippen molar-refractivity contribution in [3.63, 3.8) is 0 Å². The Morgan fingerprint density at radius 3 is 2.57 bits per heavy atom. The van der Waals surface area contributed by atoms with Gasteiger partial charge in [-0.15, -0.1) is 13.2 Å². The summed E-state index contributed by atoms with van der Waals surface area (Å²) in [5.74, 6) is 0.347. The number of benzene rings is 2. The molecule has 0 saturated carbocycles. The Labute approximate surface area is 169 Å². The molecule has 0 unspecified atom stereocenters.